The molecule has 1 aliphatic carbocycles. The van der Waals surface area contributed by atoms with E-state index in [0.29, 0.717) is 5.54 Å². The molecule has 2 aliphatic rings. The molecule has 82 valence electrons. The van der Waals surface area contributed by atoms with Crippen molar-refractivity contribution in [3.8, 4) is 0 Å². The fourth-order valence-electron chi connectivity index (χ4n) is 3.25. The largest absolute Gasteiger partial charge is 0.297 e. The molecule has 0 aromatic rings. The Bertz CT molecular complexity index is 185. The highest BCUT2D eigenvalue weighted by atomic mass is 32.2. The van der Waals surface area contributed by atoms with E-state index in [0.717, 1.165) is 5.25 Å². The predicted octanol–water partition coefficient (Wildman–Crippen LogP) is 3.15. The highest BCUT2D eigenvalue weighted by Crippen LogP contribution is 2.40. The molecule has 1 aliphatic heterocycles. The molecule has 2 atom stereocenters. The zero-order valence-corrected chi connectivity index (χ0v) is 10.4. The van der Waals surface area contributed by atoms with E-state index in [-0.39, 0.29) is 0 Å². The molecule has 2 fully saturated rings. The molecule has 0 spiro atoms. The molecular weight excluding hydrogens is 190 g/mol. The molecule has 1 saturated carbocycles. The summed E-state index contributed by atoms with van der Waals surface area (Å²) >= 11 is 2.10. The maximum atomic E-state index is 2.77. The Kier molecular flexibility index (Phi) is 3.43. The molecule has 0 aromatic heterocycles. The summed E-state index contributed by atoms with van der Waals surface area (Å²) in [5.41, 5.74) is 0.522. The molecule has 0 N–H and O–H groups in total. The van der Waals surface area contributed by atoms with Crippen molar-refractivity contribution in [3.05, 3.63) is 0 Å². The normalized spacial score (nSPS) is 40.3. The Morgan fingerprint density at radius 2 is 1.86 bits per heavy atom. The number of nitrogens with zero attached hydrogens (tertiary/aromatic N) is 1. The van der Waals surface area contributed by atoms with Gasteiger partial charge in [0.05, 0.1) is 0 Å². The summed E-state index contributed by atoms with van der Waals surface area (Å²) in [7, 11) is 0. The van der Waals surface area contributed by atoms with Crippen LogP contribution in [0.25, 0.3) is 0 Å². The molecule has 0 amide bonds. The Balaban J connectivity index is 2.08. The third kappa shape index (κ3) is 1.83. The Morgan fingerprint density at radius 3 is 2.50 bits per heavy atom. The molecule has 1 nitrogen and oxygen atoms in total. The lowest BCUT2D eigenvalue weighted by molar-refractivity contribution is 0.0981. The quantitative estimate of drug-likeness (QED) is 0.693. The Labute approximate surface area is 92.6 Å². The van der Waals surface area contributed by atoms with E-state index >= 15 is 0 Å². The van der Waals surface area contributed by atoms with Crippen LogP contribution in [0.3, 0.4) is 0 Å². The summed E-state index contributed by atoms with van der Waals surface area (Å²) in [5.74, 6) is 0. The van der Waals surface area contributed by atoms with Gasteiger partial charge < -0.3 is 0 Å². The maximum absolute atomic E-state index is 2.77. The summed E-state index contributed by atoms with van der Waals surface area (Å²) in [6.45, 7) is 5.22. The molecule has 0 aromatic carbocycles. The van der Waals surface area contributed by atoms with Crippen LogP contribution < -0.4 is 0 Å². The molecule has 14 heavy (non-hydrogen) atoms. The third-order valence-corrected chi connectivity index (χ3v) is 5.52. The first-order valence-corrected chi connectivity index (χ1v) is 7.34. The van der Waals surface area contributed by atoms with Crippen molar-refractivity contribution in [3.63, 3.8) is 0 Å². The van der Waals surface area contributed by atoms with Crippen molar-refractivity contribution in [2.75, 3.05) is 19.3 Å². The average molecular weight is 213 g/mol. The topological polar surface area (TPSA) is 3.24 Å². The van der Waals surface area contributed by atoms with E-state index in [1.165, 1.54) is 51.6 Å². The smallest absolute Gasteiger partial charge is 0.0299 e. The van der Waals surface area contributed by atoms with Crippen LogP contribution >= 0.6 is 11.8 Å². The minimum atomic E-state index is 0.522. The summed E-state index contributed by atoms with van der Waals surface area (Å²) in [4.78, 5) is 2.77. The molecule has 0 bridgehead atoms. The first-order chi connectivity index (χ1) is 6.77. The van der Waals surface area contributed by atoms with E-state index < -0.39 is 0 Å². The van der Waals surface area contributed by atoms with Gasteiger partial charge in [-0.3, -0.25) is 4.90 Å². The molecule has 0 radical (unpaired) electrons. The number of hydrogen-bond acceptors (Lipinski definition) is 2. The van der Waals surface area contributed by atoms with Crippen molar-refractivity contribution < 1.29 is 0 Å². The second-order valence-electron chi connectivity index (χ2n) is 5.02. The van der Waals surface area contributed by atoms with Crippen LogP contribution in [0.15, 0.2) is 0 Å². The molecule has 1 heterocycles. The van der Waals surface area contributed by atoms with E-state index in [1.54, 1.807) is 0 Å². The first-order valence-electron chi connectivity index (χ1n) is 6.05. The molecule has 2 rings (SSSR count). The summed E-state index contributed by atoms with van der Waals surface area (Å²) in [6.07, 6.45) is 10.9. The van der Waals surface area contributed by atoms with Crippen LogP contribution in [0.5, 0.6) is 0 Å². The van der Waals surface area contributed by atoms with Gasteiger partial charge in [-0.15, -0.1) is 0 Å². The van der Waals surface area contributed by atoms with Crippen LogP contribution in [0.1, 0.15) is 45.4 Å². The van der Waals surface area contributed by atoms with Gasteiger partial charge >= 0.3 is 0 Å². The van der Waals surface area contributed by atoms with Gasteiger partial charge in [-0.2, -0.15) is 11.8 Å². The van der Waals surface area contributed by atoms with Crippen molar-refractivity contribution >= 4 is 11.8 Å². The van der Waals surface area contributed by atoms with E-state index in [9.17, 15) is 0 Å². The highest BCUT2D eigenvalue weighted by molar-refractivity contribution is 7.99. The summed E-state index contributed by atoms with van der Waals surface area (Å²) in [6, 6.07) is 0. The number of thioether (sulfide) groups is 1. The van der Waals surface area contributed by atoms with E-state index in [4.69, 9.17) is 0 Å². The van der Waals surface area contributed by atoms with Crippen LogP contribution in [0, 0.1) is 0 Å². The highest BCUT2D eigenvalue weighted by Gasteiger charge is 2.41. The zero-order valence-electron chi connectivity index (χ0n) is 9.59. The van der Waals surface area contributed by atoms with Gasteiger partial charge in [0.1, 0.15) is 0 Å². The van der Waals surface area contributed by atoms with Gasteiger partial charge in [-0.05, 0) is 52.0 Å². The molecule has 2 heteroatoms. The molecule has 1 saturated heterocycles. The van der Waals surface area contributed by atoms with Crippen molar-refractivity contribution in [2.24, 2.45) is 0 Å². The van der Waals surface area contributed by atoms with Gasteiger partial charge in [-0.1, -0.05) is 12.8 Å². The Hall–Kier alpha value is 0.310. The van der Waals surface area contributed by atoms with Crippen molar-refractivity contribution in [2.45, 2.75) is 56.2 Å². The lowest BCUT2D eigenvalue weighted by Crippen LogP contribution is -2.53. The minimum absolute atomic E-state index is 0.522. The number of rotatable bonds is 2. The van der Waals surface area contributed by atoms with E-state index in [2.05, 4.69) is 29.8 Å². The fraction of sp³-hybridized carbons (Fsp3) is 1.00. The lowest BCUT2D eigenvalue weighted by Gasteiger charge is -2.47. The zero-order chi connectivity index (χ0) is 10.0. The Morgan fingerprint density at radius 1 is 1.14 bits per heavy atom. The van der Waals surface area contributed by atoms with Crippen LogP contribution in [0.4, 0.5) is 0 Å². The van der Waals surface area contributed by atoms with Gasteiger partial charge in [0.2, 0.25) is 0 Å². The minimum Gasteiger partial charge on any atom is -0.297 e. The second-order valence-corrected chi connectivity index (χ2v) is 6.06. The van der Waals surface area contributed by atoms with Crippen molar-refractivity contribution in [1.29, 1.82) is 0 Å². The fourth-order valence-corrected chi connectivity index (χ4v) is 4.42. The standard InChI is InChI=1S/C12H23NS/c1-12(13-9-5-6-10-13)8-4-3-7-11(12)14-2/h11H,3-10H2,1-2H3/t11-,12-/m1/s1. The first kappa shape index (κ1) is 10.8. The molecular formula is C12H23NS. The van der Waals surface area contributed by atoms with Gasteiger partial charge in [0.15, 0.2) is 0 Å². The maximum Gasteiger partial charge on any atom is 0.0299 e. The number of hydrogen-bond donors (Lipinski definition) is 0. The predicted molar refractivity (Wildman–Crippen MR) is 65.0 cm³/mol. The summed E-state index contributed by atoms with van der Waals surface area (Å²) in [5, 5.41) is 0.884. The van der Waals surface area contributed by atoms with Crippen LogP contribution in [-0.4, -0.2) is 35.0 Å². The van der Waals surface area contributed by atoms with Gasteiger partial charge in [-0.25, -0.2) is 0 Å². The van der Waals surface area contributed by atoms with Gasteiger partial charge in [0.25, 0.3) is 0 Å². The van der Waals surface area contributed by atoms with Crippen LogP contribution in [-0.2, 0) is 0 Å². The molecule has 0 unspecified atom stereocenters. The SMILES string of the molecule is CS[C@@H]1CCCC[C@@]1(C)N1CCCC1. The monoisotopic (exact) mass is 213 g/mol. The van der Waals surface area contributed by atoms with E-state index in [1.807, 2.05) is 0 Å². The number of likely N-dealkylation sites (tertiary alicyclic amines) is 1. The second kappa shape index (κ2) is 4.44. The summed E-state index contributed by atoms with van der Waals surface area (Å²) < 4.78 is 0. The third-order valence-electron chi connectivity index (χ3n) is 4.21. The van der Waals surface area contributed by atoms with Crippen LogP contribution in [0.2, 0.25) is 0 Å². The lowest BCUT2D eigenvalue weighted by atomic mass is 9.81. The van der Waals surface area contributed by atoms with Crippen molar-refractivity contribution in [1.82, 2.24) is 4.90 Å². The average Bonchev–Trinajstić information content (AvgIpc) is 2.72. The van der Waals surface area contributed by atoms with Gasteiger partial charge in [0, 0.05) is 10.8 Å².